The van der Waals surface area contributed by atoms with Gasteiger partial charge in [0.15, 0.2) is 0 Å². The number of hydrogen-bond donors (Lipinski definition) is 1. The summed E-state index contributed by atoms with van der Waals surface area (Å²) in [5, 5.41) is 7.70. The molecule has 2 aromatic heterocycles. The minimum absolute atomic E-state index is 0.00354. The molecule has 0 amide bonds. The fraction of sp³-hybridized carbons (Fsp3) is 0.385. The Balaban J connectivity index is 2.11. The summed E-state index contributed by atoms with van der Waals surface area (Å²) in [6.07, 6.45) is 4.74. The van der Waals surface area contributed by atoms with E-state index in [1.807, 2.05) is 17.9 Å². The van der Waals surface area contributed by atoms with Crippen LogP contribution in [0.5, 0.6) is 0 Å². The Kier molecular flexibility index (Phi) is 3.50. The molecule has 0 spiro atoms. The molecule has 0 aliphatic carbocycles. The monoisotopic (exact) mass is 246 g/mol. The van der Waals surface area contributed by atoms with Crippen LogP contribution in [-0.2, 0) is 27.1 Å². The van der Waals surface area contributed by atoms with Crippen molar-refractivity contribution in [2.24, 2.45) is 14.1 Å². The van der Waals surface area contributed by atoms with Gasteiger partial charge in [0.05, 0.1) is 11.4 Å². The van der Waals surface area contributed by atoms with E-state index in [0.717, 1.165) is 24.3 Å². The van der Waals surface area contributed by atoms with E-state index in [1.54, 1.807) is 29.9 Å². The van der Waals surface area contributed by atoms with Crippen LogP contribution in [0.4, 0.5) is 5.69 Å². The first-order chi connectivity index (χ1) is 8.60. The highest BCUT2D eigenvalue weighted by Crippen LogP contribution is 2.10. The molecule has 0 fully saturated rings. The molecule has 0 atom stereocenters. The zero-order valence-corrected chi connectivity index (χ0v) is 11.0. The summed E-state index contributed by atoms with van der Waals surface area (Å²) in [6.45, 7) is 2.81. The number of pyridine rings is 1. The van der Waals surface area contributed by atoms with Crippen molar-refractivity contribution >= 4 is 5.69 Å². The van der Waals surface area contributed by atoms with E-state index in [4.69, 9.17) is 0 Å². The molecule has 0 bridgehead atoms. The molecular formula is C13H18N4O. The maximum atomic E-state index is 11.3. The van der Waals surface area contributed by atoms with Crippen molar-refractivity contribution in [3.8, 4) is 0 Å². The van der Waals surface area contributed by atoms with Gasteiger partial charge in [-0.05, 0) is 12.5 Å². The molecule has 0 radical (unpaired) electrons. The van der Waals surface area contributed by atoms with Crippen molar-refractivity contribution in [1.29, 1.82) is 0 Å². The second-order valence-electron chi connectivity index (χ2n) is 4.35. The molecule has 0 aromatic carbocycles. The third kappa shape index (κ3) is 2.61. The Morgan fingerprint density at radius 3 is 2.72 bits per heavy atom. The number of hydrogen-bond acceptors (Lipinski definition) is 3. The highest BCUT2D eigenvalue weighted by molar-refractivity contribution is 5.41. The van der Waals surface area contributed by atoms with E-state index in [2.05, 4.69) is 17.3 Å². The van der Waals surface area contributed by atoms with Gasteiger partial charge in [0.25, 0.3) is 0 Å². The van der Waals surface area contributed by atoms with Crippen LogP contribution in [-0.4, -0.2) is 14.3 Å². The van der Waals surface area contributed by atoms with Crippen molar-refractivity contribution in [1.82, 2.24) is 14.3 Å². The molecule has 2 rings (SSSR count). The second-order valence-corrected chi connectivity index (χ2v) is 4.35. The summed E-state index contributed by atoms with van der Waals surface area (Å²) in [4.78, 5) is 11.3. The zero-order chi connectivity index (χ0) is 13.1. The summed E-state index contributed by atoms with van der Waals surface area (Å²) in [6, 6.07) is 3.36. The van der Waals surface area contributed by atoms with Gasteiger partial charge in [-0.1, -0.05) is 6.92 Å². The molecule has 0 saturated carbocycles. The second kappa shape index (κ2) is 5.08. The van der Waals surface area contributed by atoms with Crippen LogP contribution in [0.25, 0.3) is 0 Å². The molecule has 18 heavy (non-hydrogen) atoms. The minimum Gasteiger partial charge on any atom is -0.380 e. The SMILES string of the molecule is CCc1nn(C)cc1CNc1ccc(=O)n(C)c1. The number of rotatable bonds is 4. The van der Waals surface area contributed by atoms with Crippen molar-refractivity contribution in [2.75, 3.05) is 5.32 Å². The lowest BCUT2D eigenvalue weighted by atomic mass is 10.2. The first-order valence-electron chi connectivity index (χ1n) is 6.02. The normalized spacial score (nSPS) is 10.6. The third-order valence-electron chi connectivity index (χ3n) is 2.90. The molecule has 2 aromatic rings. The van der Waals surface area contributed by atoms with Gasteiger partial charge in [0, 0.05) is 44.7 Å². The summed E-state index contributed by atoms with van der Waals surface area (Å²) < 4.78 is 3.39. The molecule has 1 N–H and O–H groups in total. The van der Waals surface area contributed by atoms with E-state index in [0.29, 0.717) is 0 Å². The number of aryl methyl sites for hydroxylation is 3. The third-order valence-corrected chi connectivity index (χ3v) is 2.90. The standard InChI is InChI=1S/C13H18N4O/c1-4-12-10(8-17(3)15-12)7-14-11-5-6-13(18)16(2)9-11/h5-6,8-9,14H,4,7H2,1-3H3. The summed E-state index contributed by atoms with van der Waals surface area (Å²) >= 11 is 0. The molecule has 96 valence electrons. The summed E-state index contributed by atoms with van der Waals surface area (Å²) in [7, 11) is 3.67. The highest BCUT2D eigenvalue weighted by atomic mass is 16.1. The molecule has 5 heteroatoms. The molecular weight excluding hydrogens is 228 g/mol. The quantitative estimate of drug-likeness (QED) is 0.884. The first kappa shape index (κ1) is 12.4. The molecule has 0 aliphatic heterocycles. The number of aromatic nitrogens is 3. The Morgan fingerprint density at radius 2 is 2.06 bits per heavy atom. The van der Waals surface area contributed by atoms with Gasteiger partial charge in [-0.25, -0.2) is 0 Å². The summed E-state index contributed by atoms with van der Waals surface area (Å²) in [5.74, 6) is 0. The maximum absolute atomic E-state index is 11.3. The van der Waals surface area contributed by atoms with Gasteiger partial charge in [-0.3, -0.25) is 9.48 Å². The van der Waals surface area contributed by atoms with Gasteiger partial charge < -0.3 is 9.88 Å². The van der Waals surface area contributed by atoms with Gasteiger partial charge in [-0.2, -0.15) is 5.10 Å². The Bertz CT molecular complexity index is 597. The van der Waals surface area contributed by atoms with E-state index in [-0.39, 0.29) is 5.56 Å². The highest BCUT2D eigenvalue weighted by Gasteiger charge is 2.05. The number of anilines is 1. The smallest absolute Gasteiger partial charge is 0.250 e. The van der Waals surface area contributed by atoms with Crippen LogP contribution in [0, 0.1) is 0 Å². The maximum Gasteiger partial charge on any atom is 0.250 e. The molecule has 5 nitrogen and oxygen atoms in total. The van der Waals surface area contributed by atoms with E-state index in [1.165, 1.54) is 5.56 Å². The lowest BCUT2D eigenvalue weighted by Gasteiger charge is -2.07. The van der Waals surface area contributed by atoms with Crippen LogP contribution in [0.3, 0.4) is 0 Å². The first-order valence-corrected chi connectivity index (χ1v) is 6.02. The van der Waals surface area contributed by atoms with Crippen LogP contribution in [0.2, 0.25) is 0 Å². The fourth-order valence-corrected chi connectivity index (χ4v) is 1.92. The fourth-order valence-electron chi connectivity index (χ4n) is 1.92. The van der Waals surface area contributed by atoms with Crippen molar-refractivity contribution in [2.45, 2.75) is 19.9 Å². The van der Waals surface area contributed by atoms with Gasteiger partial charge in [0.2, 0.25) is 5.56 Å². The van der Waals surface area contributed by atoms with Gasteiger partial charge >= 0.3 is 0 Å². The lowest BCUT2D eigenvalue weighted by Crippen LogP contribution is -2.15. The molecule has 2 heterocycles. The topological polar surface area (TPSA) is 51.9 Å². The molecule has 0 aliphatic rings. The average molecular weight is 246 g/mol. The van der Waals surface area contributed by atoms with E-state index >= 15 is 0 Å². The largest absolute Gasteiger partial charge is 0.380 e. The van der Waals surface area contributed by atoms with Gasteiger partial charge in [-0.15, -0.1) is 0 Å². The predicted octanol–water partition coefficient (Wildman–Crippen LogP) is 1.29. The zero-order valence-electron chi connectivity index (χ0n) is 11.0. The Hall–Kier alpha value is -2.04. The number of nitrogens with zero attached hydrogens (tertiary/aromatic N) is 3. The Labute approximate surface area is 106 Å². The van der Waals surface area contributed by atoms with E-state index in [9.17, 15) is 4.79 Å². The van der Waals surface area contributed by atoms with Crippen LogP contribution >= 0.6 is 0 Å². The van der Waals surface area contributed by atoms with Crippen molar-refractivity contribution in [3.05, 3.63) is 46.1 Å². The predicted molar refractivity (Wildman–Crippen MR) is 71.6 cm³/mol. The van der Waals surface area contributed by atoms with Crippen LogP contribution < -0.4 is 10.9 Å². The van der Waals surface area contributed by atoms with Crippen molar-refractivity contribution < 1.29 is 0 Å². The van der Waals surface area contributed by atoms with Crippen molar-refractivity contribution in [3.63, 3.8) is 0 Å². The minimum atomic E-state index is -0.00354. The average Bonchev–Trinajstić information content (AvgIpc) is 2.71. The molecule has 0 saturated heterocycles. The van der Waals surface area contributed by atoms with Crippen LogP contribution in [0.1, 0.15) is 18.2 Å². The lowest BCUT2D eigenvalue weighted by molar-refractivity contribution is 0.746. The Morgan fingerprint density at radius 1 is 1.28 bits per heavy atom. The molecule has 0 unspecified atom stereocenters. The van der Waals surface area contributed by atoms with Gasteiger partial charge in [0.1, 0.15) is 0 Å². The summed E-state index contributed by atoms with van der Waals surface area (Å²) in [5.41, 5.74) is 3.22. The van der Waals surface area contributed by atoms with Crippen LogP contribution in [0.15, 0.2) is 29.3 Å². The van der Waals surface area contributed by atoms with E-state index < -0.39 is 0 Å². The number of nitrogens with one attached hydrogen (secondary N) is 1.